The molecule has 0 radical (unpaired) electrons. The number of benzene rings is 1. The van der Waals surface area contributed by atoms with E-state index in [4.69, 9.17) is 0 Å². The number of amides is 1. The highest BCUT2D eigenvalue weighted by atomic mass is 127. The molecule has 5 heteroatoms. The molecule has 2 rings (SSSR count). The minimum Gasteiger partial charge on any atom is -0.326 e. The molecule has 1 saturated heterocycles. The van der Waals surface area contributed by atoms with Crippen molar-refractivity contribution < 1.29 is 13.6 Å². The Morgan fingerprint density at radius 1 is 1.44 bits per heavy atom. The predicted octanol–water partition coefficient (Wildman–Crippen LogP) is 2.69. The van der Waals surface area contributed by atoms with Crippen LogP contribution in [-0.4, -0.2) is 29.8 Å². The van der Waals surface area contributed by atoms with E-state index in [9.17, 15) is 13.6 Å². The summed E-state index contributed by atoms with van der Waals surface area (Å²) >= 11 is 2.17. The fourth-order valence-corrected chi connectivity index (χ4v) is 1.95. The number of aryl methyl sites for hydroxylation is 1. The van der Waals surface area contributed by atoms with Crippen LogP contribution in [-0.2, 0) is 0 Å². The molecule has 2 nitrogen and oxygen atoms in total. The highest BCUT2D eigenvalue weighted by molar-refractivity contribution is 14.1. The molecular weight excluding hydrogens is 327 g/mol. The third-order valence-corrected chi connectivity index (χ3v) is 3.75. The van der Waals surface area contributed by atoms with E-state index in [0.29, 0.717) is 5.56 Å². The maximum absolute atomic E-state index is 12.6. The largest absolute Gasteiger partial charge is 0.326 e. The fraction of sp³-hybridized carbons (Fsp3) is 0.364. The number of likely N-dealkylation sites (tertiary alicyclic amines) is 1. The van der Waals surface area contributed by atoms with Gasteiger partial charge in [0.05, 0.1) is 13.1 Å². The Kier molecular flexibility index (Phi) is 2.90. The van der Waals surface area contributed by atoms with Crippen LogP contribution in [0.5, 0.6) is 0 Å². The van der Waals surface area contributed by atoms with Crippen molar-refractivity contribution in [1.29, 1.82) is 0 Å². The van der Waals surface area contributed by atoms with Gasteiger partial charge in [0.2, 0.25) is 0 Å². The summed E-state index contributed by atoms with van der Waals surface area (Å²) in [6, 6.07) is 5.23. The van der Waals surface area contributed by atoms with E-state index in [2.05, 4.69) is 22.6 Å². The Hall–Kier alpha value is -0.720. The molecule has 0 spiro atoms. The van der Waals surface area contributed by atoms with Crippen molar-refractivity contribution >= 4 is 28.5 Å². The average Bonchev–Trinajstić information content (AvgIpc) is 2.17. The van der Waals surface area contributed by atoms with Gasteiger partial charge in [-0.3, -0.25) is 4.79 Å². The Balaban J connectivity index is 2.13. The molecule has 1 aromatic carbocycles. The molecule has 0 aliphatic carbocycles. The van der Waals surface area contributed by atoms with Gasteiger partial charge < -0.3 is 4.90 Å². The topological polar surface area (TPSA) is 20.3 Å². The molecular formula is C11H10F2INO. The van der Waals surface area contributed by atoms with Gasteiger partial charge in [0.1, 0.15) is 0 Å². The Labute approximate surface area is 106 Å². The van der Waals surface area contributed by atoms with Crippen LogP contribution >= 0.6 is 22.6 Å². The highest BCUT2D eigenvalue weighted by Gasteiger charge is 2.46. The van der Waals surface area contributed by atoms with Gasteiger partial charge in [-0.2, -0.15) is 0 Å². The molecule has 0 bridgehead atoms. The zero-order valence-electron chi connectivity index (χ0n) is 8.64. The van der Waals surface area contributed by atoms with Crippen molar-refractivity contribution in [3.63, 3.8) is 0 Å². The van der Waals surface area contributed by atoms with Gasteiger partial charge in [0.25, 0.3) is 11.8 Å². The third kappa shape index (κ3) is 2.18. The molecule has 1 fully saturated rings. The summed E-state index contributed by atoms with van der Waals surface area (Å²) in [4.78, 5) is 12.9. The second-order valence-corrected chi connectivity index (χ2v) is 5.14. The van der Waals surface area contributed by atoms with Gasteiger partial charge >= 0.3 is 0 Å². The maximum atomic E-state index is 12.6. The quantitative estimate of drug-likeness (QED) is 0.722. The third-order valence-electron chi connectivity index (χ3n) is 2.54. The fourth-order valence-electron chi connectivity index (χ4n) is 1.62. The van der Waals surface area contributed by atoms with Gasteiger partial charge in [-0.15, -0.1) is 0 Å². The van der Waals surface area contributed by atoms with E-state index in [1.165, 1.54) is 4.90 Å². The smallest absolute Gasteiger partial charge is 0.282 e. The van der Waals surface area contributed by atoms with E-state index in [1.54, 1.807) is 12.1 Å². The van der Waals surface area contributed by atoms with Crippen molar-refractivity contribution in [2.45, 2.75) is 12.8 Å². The minimum absolute atomic E-state index is 0.314. The summed E-state index contributed by atoms with van der Waals surface area (Å²) < 4.78 is 26.3. The second-order valence-electron chi connectivity index (χ2n) is 3.98. The van der Waals surface area contributed by atoms with Crippen molar-refractivity contribution in [3.8, 4) is 0 Å². The molecule has 0 saturated carbocycles. The predicted molar refractivity (Wildman–Crippen MR) is 64.7 cm³/mol. The van der Waals surface area contributed by atoms with E-state index >= 15 is 0 Å². The summed E-state index contributed by atoms with van der Waals surface area (Å²) in [5, 5.41) is 0. The first-order valence-electron chi connectivity index (χ1n) is 4.82. The molecule has 0 unspecified atom stereocenters. The number of carbonyl (C=O) groups is 1. The van der Waals surface area contributed by atoms with Crippen molar-refractivity contribution in [3.05, 3.63) is 32.9 Å². The molecule has 1 amide bonds. The van der Waals surface area contributed by atoms with Crippen LogP contribution in [0.25, 0.3) is 0 Å². The van der Waals surface area contributed by atoms with Gasteiger partial charge in [-0.1, -0.05) is 0 Å². The van der Waals surface area contributed by atoms with Crippen LogP contribution < -0.4 is 0 Å². The standard InChI is InChI=1S/C11H10F2INO/c1-7-4-8(2-3-9(7)14)10(16)15-5-11(12,13)6-15/h2-4H,5-6H2,1H3. The number of rotatable bonds is 1. The number of hydrogen-bond donors (Lipinski definition) is 0. The SMILES string of the molecule is Cc1cc(C(=O)N2CC(F)(F)C2)ccc1I. The van der Waals surface area contributed by atoms with Gasteiger partial charge in [-0.25, -0.2) is 8.78 Å². The summed E-state index contributed by atoms with van der Waals surface area (Å²) in [6.45, 7) is 0.969. The average molecular weight is 337 g/mol. The first kappa shape index (κ1) is 11.8. The monoisotopic (exact) mass is 337 g/mol. The van der Waals surface area contributed by atoms with E-state index < -0.39 is 19.0 Å². The van der Waals surface area contributed by atoms with Crippen LogP contribution in [0.15, 0.2) is 18.2 Å². The van der Waals surface area contributed by atoms with Crippen LogP contribution in [0.1, 0.15) is 15.9 Å². The Morgan fingerprint density at radius 3 is 2.56 bits per heavy atom. The van der Waals surface area contributed by atoms with E-state index in [1.807, 2.05) is 13.0 Å². The zero-order chi connectivity index (χ0) is 11.9. The molecule has 1 heterocycles. The normalized spacial score (nSPS) is 18.1. The molecule has 0 aromatic heterocycles. The Morgan fingerprint density at radius 2 is 2.06 bits per heavy atom. The lowest BCUT2D eigenvalue weighted by Crippen LogP contribution is -2.58. The zero-order valence-corrected chi connectivity index (χ0v) is 10.8. The second kappa shape index (κ2) is 3.94. The van der Waals surface area contributed by atoms with Crippen LogP contribution in [0.3, 0.4) is 0 Å². The maximum Gasteiger partial charge on any atom is 0.282 e. The van der Waals surface area contributed by atoms with Crippen molar-refractivity contribution in [2.75, 3.05) is 13.1 Å². The van der Waals surface area contributed by atoms with Gasteiger partial charge in [0.15, 0.2) is 0 Å². The Bertz CT molecular complexity index is 440. The van der Waals surface area contributed by atoms with Crippen LogP contribution in [0.4, 0.5) is 8.78 Å². The molecule has 0 N–H and O–H groups in total. The first-order valence-corrected chi connectivity index (χ1v) is 5.90. The van der Waals surface area contributed by atoms with Crippen molar-refractivity contribution in [1.82, 2.24) is 4.90 Å². The van der Waals surface area contributed by atoms with Gasteiger partial charge in [-0.05, 0) is 53.3 Å². The summed E-state index contributed by atoms with van der Waals surface area (Å²) in [5.41, 5.74) is 1.46. The van der Waals surface area contributed by atoms with E-state index in [0.717, 1.165) is 9.13 Å². The van der Waals surface area contributed by atoms with Crippen LogP contribution in [0.2, 0.25) is 0 Å². The molecule has 1 aromatic rings. The van der Waals surface area contributed by atoms with E-state index in [-0.39, 0.29) is 5.91 Å². The number of alkyl halides is 2. The molecule has 16 heavy (non-hydrogen) atoms. The lowest BCUT2D eigenvalue weighted by atomic mass is 10.1. The van der Waals surface area contributed by atoms with Gasteiger partial charge in [0, 0.05) is 9.13 Å². The lowest BCUT2D eigenvalue weighted by molar-refractivity contribution is -0.113. The number of hydrogen-bond acceptors (Lipinski definition) is 1. The number of carbonyl (C=O) groups excluding carboxylic acids is 1. The first-order chi connectivity index (χ1) is 7.39. The summed E-state index contributed by atoms with van der Waals surface area (Å²) in [6.07, 6.45) is 0. The molecule has 1 aliphatic rings. The number of nitrogens with zero attached hydrogens (tertiary/aromatic N) is 1. The minimum atomic E-state index is -2.70. The number of halogens is 3. The summed E-state index contributed by atoms with van der Waals surface area (Å²) in [5.74, 6) is -3.01. The van der Waals surface area contributed by atoms with Crippen molar-refractivity contribution in [2.24, 2.45) is 0 Å². The molecule has 86 valence electrons. The molecule has 0 atom stereocenters. The van der Waals surface area contributed by atoms with Crippen LogP contribution in [0, 0.1) is 10.5 Å². The lowest BCUT2D eigenvalue weighted by Gasteiger charge is -2.38. The summed E-state index contributed by atoms with van der Waals surface area (Å²) in [7, 11) is 0. The highest BCUT2D eigenvalue weighted by Crippen LogP contribution is 2.28. The molecule has 1 aliphatic heterocycles.